The maximum atomic E-state index is 13.8. The second-order valence-corrected chi connectivity index (χ2v) is 6.11. The molecule has 0 atom stereocenters. The number of halogens is 1. The molecule has 0 radical (unpaired) electrons. The normalized spacial score (nSPS) is 11.2. The maximum Gasteiger partial charge on any atom is 0.131 e. The molecule has 0 saturated heterocycles. The predicted octanol–water partition coefficient (Wildman–Crippen LogP) is 4.00. The van der Waals surface area contributed by atoms with Crippen molar-refractivity contribution >= 4 is 11.3 Å². The van der Waals surface area contributed by atoms with Crippen molar-refractivity contribution in [3.63, 3.8) is 0 Å². The molecule has 4 heteroatoms. The lowest BCUT2D eigenvalue weighted by Gasteiger charge is -2.04. The molecule has 0 aliphatic rings. The Labute approximate surface area is 117 Å². The summed E-state index contributed by atoms with van der Waals surface area (Å²) in [4.78, 5) is 5.44. The first-order chi connectivity index (χ1) is 9.08. The van der Waals surface area contributed by atoms with Crippen LogP contribution >= 0.6 is 11.3 Å². The lowest BCUT2D eigenvalue weighted by molar-refractivity contribution is 0.551. The quantitative estimate of drug-likeness (QED) is 0.894. The molecule has 1 aromatic carbocycles. The second-order valence-electron chi connectivity index (χ2n) is 5.03. The second kappa shape index (κ2) is 6.26. The molecule has 102 valence electrons. The topological polar surface area (TPSA) is 24.9 Å². The SMILES string of the molecule is Cc1nc(CNCC(C)C)sc1-c1ccccc1F. The van der Waals surface area contributed by atoms with E-state index in [0.29, 0.717) is 11.5 Å². The summed E-state index contributed by atoms with van der Waals surface area (Å²) in [6, 6.07) is 6.86. The van der Waals surface area contributed by atoms with Crippen LogP contribution in [0.1, 0.15) is 24.5 Å². The third-order valence-electron chi connectivity index (χ3n) is 2.79. The van der Waals surface area contributed by atoms with E-state index in [2.05, 4.69) is 24.1 Å². The van der Waals surface area contributed by atoms with Crippen molar-refractivity contribution in [3.8, 4) is 10.4 Å². The highest BCUT2D eigenvalue weighted by molar-refractivity contribution is 7.15. The van der Waals surface area contributed by atoms with Crippen LogP contribution in [0.25, 0.3) is 10.4 Å². The Balaban J connectivity index is 2.15. The number of thiazole rings is 1. The summed E-state index contributed by atoms with van der Waals surface area (Å²) in [5.74, 6) is 0.433. The number of nitrogens with zero attached hydrogens (tertiary/aromatic N) is 1. The number of rotatable bonds is 5. The van der Waals surface area contributed by atoms with Gasteiger partial charge in [-0.1, -0.05) is 32.0 Å². The average molecular weight is 278 g/mol. The molecule has 0 spiro atoms. The van der Waals surface area contributed by atoms with Crippen LogP contribution in [0.2, 0.25) is 0 Å². The van der Waals surface area contributed by atoms with Crippen LogP contribution in [0.5, 0.6) is 0 Å². The van der Waals surface area contributed by atoms with Crippen LogP contribution in [0.15, 0.2) is 24.3 Å². The summed E-state index contributed by atoms with van der Waals surface area (Å²) in [5, 5.41) is 4.37. The minimum Gasteiger partial charge on any atom is -0.310 e. The van der Waals surface area contributed by atoms with Crippen molar-refractivity contribution in [1.29, 1.82) is 0 Å². The van der Waals surface area contributed by atoms with E-state index in [1.54, 1.807) is 23.5 Å². The molecule has 0 aliphatic carbocycles. The first kappa shape index (κ1) is 14.2. The fraction of sp³-hybridized carbons (Fsp3) is 0.400. The molecule has 0 saturated carbocycles. The van der Waals surface area contributed by atoms with Crippen LogP contribution in [-0.2, 0) is 6.54 Å². The van der Waals surface area contributed by atoms with Gasteiger partial charge in [-0.15, -0.1) is 11.3 Å². The molecule has 1 aromatic heterocycles. The zero-order chi connectivity index (χ0) is 13.8. The van der Waals surface area contributed by atoms with Crippen LogP contribution < -0.4 is 5.32 Å². The Bertz CT molecular complexity index is 549. The van der Waals surface area contributed by atoms with E-state index < -0.39 is 0 Å². The van der Waals surface area contributed by atoms with Gasteiger partial charge < -0.3 is 5.32 Å². The smallest absolute Gasteiger partial charge is 0.131 e. The monoisotopic (exact) mass is 278 g/mol. The highest BCUT2D eigenvalue weighted by atomic mass is 32.1. The van der Waals surface area contributed by atoms with Crippen molar-refractivity contribution in [3.05, 3.63) is 40.8 Å². The lowest BCUT2D eigenvalue weighted by atomic mass is 10.1. The molecule has 2 aromatic rings. The third-order valence-corrected chi connectivity index (χ3v) is 3.98. The molecular formula is C15H19FN2S. The minimum absolute atomic E-state index is 0.184. The fourth-order valence-corrected chi connectivity index (χ4v) is 2.95. The molecular weight excluding hydrogens is 259 g/mol. The zero-order valence-corrected chi connectivity index (χ0v) is 12.4. The summed E-state index contributed by atoms with van der Waals surface area (Å²) in [6.07, 6.45) is 0. The molecule has 1 heterocycles. The van der Waals surface area contributed by atoms with E-state index in [1.807, 2.05) is 13.0 Å². The standard InChI is InChI=1S/C15H19FN2S/c1-10(2)8-17-9-14-18-11(3)15(19-14)12-6-4-5-7-13(12)16/h4-7,10,17H,8-9H2,1-3H3. The molecule has 2 rings (SSSR count). The Morgan fingerprint density at radius 3 is 2.74 bits per heavy atom. The van der Waals surface area contributed by atoms with Gasteiger partial charge in [0.05, 0.1) is 10.6 Å². The van der Waals surface area contributed by atoms with Gasteiger partial charge in [-0.3, -0.25) is 0 Å². The lowest BCUT2D eigenvalue weighted by Crippen LogP contribution is -2.18. The number of hydrogen-bond acceptors (Lipinski definition) is 3. The van der Waals surface area contributed by atoms with Gasteiger partial charge in [-0.25, -0.2) is 9.37 Å². The van der Waals surface area contributed by atoms with Crippen molar-refractivity contribution < 1.29 is 4.39 Å². The van der Waals surface area contributed by atoms with E-state index in [1.165, 1.54) is 6.07 Å². The Morgan fingerprint density at radius 1 is 1.32 bits per heavy atom. The van der Waals surface area contributed by atoms with E-state index in [4.69, 9.17) is 0 Å². The van der Waals surface area contributed by atoms with Gasteiger partial charge in [0.15, 0.2) is 0 Å². The average Bonchev–Trinajstić information content (AvgIpc) is 2.70. The third kappa shape index (κ3) is 3.61. The maximum absolute atomic E-state index is 13.8. The van der Waals surface area contributed by atoms with Gasteiger partial charge in [-0.05, 0) is 25.5 Å². The van der Waals surface area contributed by atoms with Crippen molar-refractivity contribution in [2.75, 3.05) is 6.54 Å². The van der Waals surface area contributed by atoms with Crippen LogP contribution in [0.3, 0.4) is 0 Å². The molecule has 2 nitrogen and oxygen atoms in total. The van der Waals surface area contributed by atoms with Crippen molar-refractivity contribution in [2.24, 2.45) is 5.92 Å². The molecule has 0 bridgehead atoms. The number of hydrogen-bond donors (Lipinski definition) is 1. The fourth-order valence-electron chi connectivity index (χ4n) is 1.89. The van der Waals surface area contributed by atoms with E-state index in [0.717, 1.165) is 28.7 Å². The predicted molar refractivity (Wildman–Crippen MR) is 78.8 cm³/mol. The molecule has 0 amide bonds. The van der Waals surface area contributed by atoms with Gasteiger partial charge in [0.2, 0.25) is 0 Å². The van der Waals surface area contributed by atoms with Gasteiger partial charge in [0.25, 0.3) is 0 Å². The highest BCUT2D eigenvalue weighted by Gasteiger charge is 2.12. The summed E-state index contributed by atoms with van der Waals surface area (Å²) >= 11 is 1.56. The van der Waals surface area contributed by atoms with Crippen LogP contribution in [0.4, 0.5) is 4.39 Å². The number of benzene rings is 1. The van der Waals surface area contributed by atoms with Gasteiger partial charge in [0.1, 0.15) is 10.8 Å². The number of aromatic nitrogens is 1. The molecule has 19 heavy (non-hydrogen) atoms. The highest BCUT2D eigenvalue weighted by Crippen LogP contribution is 2.31. The summed E-state index contributed by atoms with van der Waals surface area (Å²) in [5.41, 5.74) is 1.55. The Hall–Kier alpha value is -1.26. The summed E-state index contributed by atoms with van der Waals surface area (Å²) in [6.45, 7) is 7.99. The molecule has 0 fully saturated rings. The summed E-state index contributed by atoms with van der Waals surface area (Å²) < 4.78 is 13.8. The van der Waals surface area contributed by atoms with E-state index in [9.17, 15) is 4.39 Å². The number of aryl methyl sites for hydroxylation is 1. The molecule has 0 unspecified atom stereocenters. The Kier molecular flexibility index (Phi) is 4.66. The van der Waals surface area contributed by atoms with E-state index >= 15 is 0 Å². The van der Waals surface area contributed by atoms with Crippen LogP contribution in [0, 0.1) is 18.7 Å². The van der Waals surface area contributed by atoms with Crippen LogP contribution in [-0.4, -0.2) is 11.5 Å². The van der Waals surface area contributed by atoms with Gasteiger partial charge in [0, 0.05) is 12.1 Å². The zero-order valence-electron chi connectivity index (χ0n) is 11.5. The Morgan fingerprint density at radius 2 is 2.05 bits per heavy atom. The van der Waals surface area contributed by atoms with Gasteiger partial charge in [-0.2, -0.15) is 0 Å². The van der Waals surface area contributed by atoms with Crippen molar-refractivity contribution in [1.82, 2.24) is 10.3 Å². The van der Waals surface area contributed by atoms with Crippen molar-refractivity contribution in [2.45, 2.75) is 27.3 Å². The molecule has 0 aliphatic heterocycles. The van der Waals surface area contributed by atoms with E-state index in [-0.39, 0.29) is 5.82 Å². The first-order valence-corrected chi connectivity index (χ1v) is 7.31. The minimum atomic E-state index is -0.184. The first-order valence-electron chi connectivity index (χ1n) is 6.50. The summed E-state index contributed by atoms with van der Waals surface area (Å²) in [7, 11) is 0. The number of nitrogens with one attached hydrogen (secondary N) is 1. The largest absolute Gasteiger partial charge is 0.310 e. The van der Waals surface area contributed by atoms with Gasteiger partial charge >= 0.3 is 0 Å². The molecule has 1 N–H and O–H groups in total.